The zero-order valence-electron chi connectivity index (χ0n) is 10.6. The van der Waals surface area contributed by atoms with Gasteiger partial charge in [-0.15, -0.1) is 0 Å². The third kappa shape index (κ3) is 3.85. The number of aromatic nitrogens is 2. The van der Waals surface area contributed by atoms with E-state index in [4.69, 9.17) is 0 Å². The lowest BCUT2D eigenvalue weighted by Crippen LogP contribution is -2.43. The van der Waals surface area contributed by atoms with Crippen molar-refractivity contribution in [1.29, 1.82) is 0 Å². The zero-order chi connectivity index (χ0) is 13.9. The molecule has 7 heteroatoms. The predicted molar refractivity (Wildman–Crippen MR) is 65.3 cm³/mol. The summed E-state index contributed by atoms with van der Waals surface area (Å²) in [4.78, 5) is 34.3. The van der Waals surface area contributed by atoms with Crippen molar-refractivity contribution in [1.82, 2.24) is 14.5 Å². The second-order valence-corrected chi connectivity index (χ2v) is 4.71. The number of aliphatic hydroxyl groups is 1. The molecule has 0 aliphatic carbocycles. The molecule has 1 heterocycles. The zero-order valence-corrected chi connectivity index (χ0v) is 10.6. The van der Waals surface area contributed by atoms with Gasteiger partial charge in [0, 0.05) is 25.9 Å². The van der Waals surface area contributed by atoms with Crippen molar-refractivity contribution < 1.29 is 9.90 Å². The summed E-state index contributed by atoms with van der Waals surface area (Å²) >= 11 is 0. The van der Waals surface area contributed by atoms with Gasteiger partial charge in [0.1, 0.15) is 6.54 Å². The third-order valence-electron chi connectivity index (χ3n) is 2.29. The molecule has 1 aromatic rings. The highest BCUT2D eigenvalue weighted by molar-refractivity contribution is 5.75. The van der Waals surface area contributed by atoms with Crippen molar-refractivity contribution in [3.8, 4) is 0 Å². The van der Waals surface area contributed by atoms with Crippen LogP contribution in [0.15, 0.2) is 21.9 Å². The lowest BCUT2D eigenvalue weighted by Gasteiger charge is -2.17. The van der Waals surface area contributed by atoms with Gasteiger partial charge in [-0.1, -0.05) is 0 Å². The fraction of sp³-hybridized carbons (Fsp3) is 0.545. The molecule has 0 spiro atoms. The monoisotopic (exact) mass is 255 g/mol. The van der Waals surface area contributed by atoms with Gasteiger partial charge in [0.05, 0.1) is 5.60 Å². The molecule has 0 unspecified atom stereocenters. The van der Waals surface area contributed by atoms with Crippen LogP contribution in [0.5, 0.6) is 0 Å². The van der Waals surface area contributed by atoms with E-state index < -0.39 is 22.8 Å². The first-order valence-corrected chi connectivity index (χ1v) is 5.46. The van der Waals surface area contributed by atoms with E-state index in [0.29, 0.717) is 0 Å². The summed E-state index contributed by atoms with van der Waals surface area (Å²) in [7, 11) is 1.34. The van der Waals surface area contributed by atoms with E-state index in [0.717, 1.165) is 9.13 Å². The first kappa shape index (κ1) is 14.2. The minimum absolute atomic E-state index is 0.0896. The van der Waals surface area contributed by atoms with Crippen LogP contribution < -0.4 is 16.6 Å². The summed E-state index contributed by atoms with van der Waals surface area (Å²) in [5.74, 6) is -0.405. The number of rotatable bonds is 4. The van der Waals surface area contributed by atoms with Crippen molar-refractivity contribution in [2.75, 3.05) is 6.54 Å². The average Bonchev–Trinajstić information content (AvgIpc) is 2.26. The molecule has 7 nitrogen and oxygen atoms in total. The molecule has 0 aliphatic rings. The minimum Gasteiger partial charge on any atom is -0.389 e. The van der Waals surface area contributed by atoms with E-state index in [2.05, 4.69) is 5.32 Å². The smallest absolute Gasteiger partial charge is 0.331 e. The van der Waals surface area contributed by atoms with E-state index in [1.807, 2.05) is 0 Å². The summed E-state index contributed by atoms with van der Waals surface area (Å²) in [6, 6.07) is 1.21. The molecule has 0 bridgehead atoms. The topological polar surface area (TPSA) is 93.3 Å². The van der Waals surface area contributed by atoms with Crippen LogP contribution in [0.1, 0.15) is 13.8 Å². The van der Waals surface area contributed by atoms with Crippen molar-refractivity contribution >= 4 is 5.91 Å². The molecule has 2 N–H and O–H groups in total. The molecule has 1 rings (SSSR count). The fourth-order valence-electron chi connectivity index (χ4n) is 1.26. The highest BCUT2D eigenvalue weighted by Crippen LogP contribution is 1.96. The number of nitrogens with zero attached hydrogens (tertiary/aromatic N) is 2. The lowest BCUT2D eigenvalue weighted by molar-refractivity contribution is -0.122. The number of amides is 1. The normalized spacial score (nSPS) is 11.3. The molecule has 18 heavy (non-hydrogen) atoms. The van der Waals surface area contributed by atoms with E-state index in [9.17, 15) is 19.5 Å². The van der Waals surface area contributed by atoms with Gasteiger partial charge in [-0.2, -0.15) is 0 Å². The highest BCUT2D eigenvalue weighted by atomic mass is 16.3. The fourth-order valence-corrected chi connectivity index (χ4v) is 1.26. The van der Waals surface area contributed by atoms with Gasteiger partial charge in [-0.3, -0.25) is 18.7 Å². The van der Waals surface area contributed by atoms with Crippen LogP contribution in [0.4, 0.5) is 0 Å². The molecule has 0 atom stereocenters. The highest BCUT2D eigenvalue weighted by Gasteiger charge is 2.14. The Morgan fingerprint density at radius 3 is 2.61 bits per heavy atom. The van der Waals surface area contributed by atoms with Crippen molar-refractivity contribution in [3.05, 3.63) is 33.1 Å². The Hall–Kier alpha value is -1.89. The van der Waals surface area contributed by atoms with Crippen molar-refractivity contribution in [3.63, 3.8) is 0 Å². The van der Waals surface area contributed by atoms with E-state index in [1.165, 1.54) is 19.3 Å². The molecular formula is C11H17N3O4. The molecule has 0 aliphatic heterocycles. The van der Waals surface area contributed by atoms with Crippen LogP contribution in [-0.2, 0) is 18.4 Å². The second-order valence-electron chi connectivity index (χ2n) is 4.71. The average molecular weight is 255 g/mol. The lowest BCUT2D eigenvalue weighted by atomic mass is 10.1. The second kappa shape index (κ2) is 5.18. The Bertz CT molecular complexity index is 551. The number of carbonyl (C=O) groups excluding carboxylic acids is 1. The maximum atomic E-state index is 11.6. The van der Waals surface area contributed by atoms with E-state index in [-0.39, 0.29) is 13.1 Å². The molecule has 1 aromatic heterocycles. The van der Waals surface area contributed by atoms with E-state index >= 15 is 0 Å². The summed E-state index contributed by atoms with van der Waals surface area (Å²) in [5, 5.41) is 11.9. The Kier molecular flexibility index (Phi) is 4.07. The van der Waals surface area contributed by atoms with Gasteiger partial charge < -0.3 is 10.4 Å². The summed E-state index contributed by atoms with van der Waals surface area (Å²) in [6.07, 6.45) is 1.27. The number of hydrogen-bond donors (Lipinski definition) is 2. The molecule has 0 saturated carbocycles. The standard InChI is InChI=1S/C11H17N3O4/c1-11(2,18)7-12-8(15)6-14-5-4-9(16)13(3)10(14)17/h4-5,18H,6-7H2,1-3H3,(H,12,15). The summed E-state index contributed by atoms with van der Waals surface area (Å²) in [6.45, 7) is 3.02. The largest absolute Gasteiger partial charge is 0.389 e. The molecule has 100 valence electrons. The van der Waals surface area contributed by atoms with E-state index in [1.54, 1.807) is 13.8 Å². The van der Waals surface area contributed by atoms with Gasteiger partial charge in [0.15, 0.2) is 0 Å². The van der Waals surface area contributed by atoms with Crippen LogP contribution in [0, 0.1) is 0 Å². The minimum atomic E-state index is -1.01. The molecule has 0 aromatic carbocycles. The number of carbonyl (C=O) groups is 1. The number of nitrogens with one attached hydrogen (secondary N) is 1. The van der Waals surface area contributed by atoms with Crippen LogP contribution in [0.3, 0.4) is 0 Å². The van der Waals surface area contributed by atoms with Crippen LogP contribution in [0.25, 0.3) is 0 Å². The molecular weight excluding hydrogens is 238 g/mol. The van der Waals surface area contributed by atoms with Gasteiger partial charge in [0.2, 0.25) is 5.91 Å². The quantitative estimate of drug-likeness (QED) is 0.680. The molecule has 0 fully saturated rings. The van der Waals surface area contributed by atoms with Crippen molar-refractivity contribution in [2.45, 2.75) is 26.0 Å². The Labute approximate surface area is 104 Å². The van der Waals surface area contributed by atoms with Gasteiger partial charge >= 0.3 is 5.69 Å². The van der Waals surface area contributed by atoms with Crippen LogP contribution >= 0.6 is 0 Å². The van der Waals surface area contributed by atoms with Gasteiger partial charge in [-0.25, -0.2) is 4.79 Å². The van der Waals surface area contributed by atoms with Gasteiger partial charge in [0.25, 0.3) is 5.56 Å². The Morgan fingerprint density at radius 1 is 1.44 bits per heavy atom. The predicted octanol–water partition coefficient (Wildman–Crippen LogP) is -1.57. The third-order valence-corrected chi connectivity index (χ3v) is 2.29. The maximum Gasteiger partial charge on any atom is 0.331 e. The van der Waals surface area contributed by atoms with Gasteiger partial charge in [-0.05, 0) is 13.8 Å². The summed E-state index contributed by atoms with van der Waals surface area (Å²) in [5.41, 5.74) is -1.99. The summed E-state index contributed by atoms with van der Waals surface area (Å²) < 4.78 is 2.05. The van der Waals surface area contributed by atoms with Crippen LogP contribution in [-0.4, -0.2) is 32.3 Å². The first-order valence-electron chi connectivity index (χ1n) is 5.46. The Morgan fingerprint density at radius 2 is 2.06 bits per heavy atom. The van der Waals surface area contributed by atoms with Crippen molar-refractivity contribution in [2.24, 2.45) is 7.05 Å². The Balaban J connectivity index is 2.75. The SMILES string of the molecule is Cn1c(=O)ccn(CC(=O)NCC(C)(C)O)c1=O. The number of hydrogen-bond acceptors (Lipinski definition) is 4. The maximum absolute atomic E-state index is 11.6. The first-order chi connectivity index (χ1) is 8.20. The molecule has 1 amide bonds. The molecule has 0 radical (unpaired) electrons. The molecule has 0 saturated heterocycles. The van der Waals surface area contributed by atoms with Crippen LogP contribution in [0.2, 0.25) is 0 Å².